The molecule has 1 atom stereocenters. The zero-order valence-electron chi connectivity index (χ0n) is 12.4. The molecule has 1 aromatic rings. The van der Waals surface area contributed by atoms with Gasteiger partial charge in [0.1, 0.15) is 6.10 Å². The number of ether oxygens (including phenoxy) is 1. The predicted octanol–water partition coefficient (Wildman–Crippen LogP) is 3.42. The predicted molar refractivity (Wildman–Crippen MR) is 81.0 cm³/mol. The number of aryl methyl sites for hydroxylation is 1. The first-order valence-corrected chi connectivity index (χ1v) is 7.40. The minimum atomic E-state index is -0.377. The van der Waals surface area contributed by atoms with Crippen molar-refractivity contribution >= 4 is 11.8 Å². The highest BCUT2D eigenvalue weighted by molar-refractivity contribution is 5.84. The van der Waals surface area contributed by atoms with Crippen LogP contribution < -0.4 is 5.32 Å². The molecule has 1 aromatic carbocycles. The van der Waals surface area contributed by atoms with E-state index in [-0.39, 0.29) is 12.2 Å². The van der Waals surface area contributed by atoms with E-state index >= 15 is 0 Å². The number of carbonyl (C=O) groups excluding carboxylic acids is 1. The van der Waals surface area contributed by atoms with Crippen molar-refractivity contribution in [3.63, 3.8) is 0 Å². The summed E-state index contributed by atoms with van der Waals surface area (Å²) < 4.78 is 5.40. The van der Waals surface area contributed by atoms with Gasteiger partial charge in [-0.1, -0.05) is 24.1 Å². The van der Waals surface area contributed by atoms with Crippen molar-refractivity contribution in [3.8, 4) is 0 Å². The topological polar surface area (TPSA) is 41.6 Å². The molecule has 0 saturated carbocycles. The van der Waals surface area contributed by atoms with Gasteiger partial charge in [-0.2, -0.15) is 0 Å². The molecule has 1 aliphatic heterocycles. The summed E-state index contributed by atoms with van der Waals surface area (Å²) in [6.07, 6.45) is 3.36. The van der Waals surface area contributed by atoms with Crippen LogP contribution in [0.15, 0.2) is 24.3 Å². The zero-order valence-corrected chi connectivity index (χ0v) is 12.4. The minimum absolute atomic E-state index is 0.0847. The fourth-order valence-corrected chi connectivity index (χ4v) is 2.51. The van der Waals surface area contributed by atoms with E-state index in [0.717, 1.165) is 25.3 Å². The molecule has 0 unspecified atom stereocenters. The van der Waals surface area contributed by atoms with Gasteiger partial charge in [-0.3, -0.25) is 10.2 Å². The molecule has 1 N–H and O–H groups in total. The second-order valence-electron chi connectivity index (χ2n) is 5.57. The van der Waals surface area contributed by atoms with Crippen molar-refractivity contribution in [3.05, 3.63) is 29.8 Å². The van der Waals surface area contributed by atoms with Gasteiger partial charge in [0, 0.05) is 12.2 Å². The lowest BCUT2D eigenvalue weighted by atomic mass is 10.1. The average Bonchev–Trinajstić information content (AvgIpc) is 2.42. The quantitative estimate of drug-likeness (QED) is 0.916. The summed E-state index contributed by atoms with van der Waals surface area (Å²) in [5, 5.41) is 2.76. The standard InChI is InChI=1S/C16H24N2O2/c1-13-6-8-15(9-7-13)17-16(19)20-14(2)12-18-10-4-3-5-11-18/h6-9,14H,3-5,10-12H2,1-2H3,(H,17,19)/t14-/m1/s1. The van der Waals surface area contributed by atoms with Crippen LogP contribution in [0.25, 0.3) is 0 Å². The van der Waals surface area contributed by atoms with E-state index in [1.54, 1.807) is 0 Å². The average molecular weight is 276 g/mol. The monoisotopic (exact) mass is 276 g/mol. The minimum Gasteiger partial charge on any atom is -0.445 e. The van der Waals surface area contributed by atoms with Gasteiger partial charge in [-0.15, -0.1) is 0 Å². The lowest BCUT2D eigenvalue weighted by Crippen LogP contribution is -2.37. The Morgan fingerprint density at radius 2 is 1.90 bits per heavy atom. The molecule has 0 radical (unpaired) electrons. The summed E-state index contributed by atoms with van der Waals surface area (Å²) >= 11 is 0. The summed E-state index contributed by atoms with van der Waals surface area (Å²) in [7, 11) is 0. The molecule has 4 heteroatoms. The van der Waals surface area contributed by atoms with Gasteiger partial charge in [-0.05, 0) is 51.9 Å². The van der Waals surface area contributed by atoms with Crippen molar-refractivity contribution in [2.24, 2.45) is 0 Å². The number of rotatable bonds is 4. The van der Waals surface area contributed by atoms with Crippen molar-refractivity contribution in [1.82, 2.24) is 4.90 Å². The largest absolute Gasteiger partial charge is 0.445 e. The highest BCUT2D eigenvalue weighted by Gasteiger charge is 2.16. The van der Waals surface area contributed by atoms with Gasteiger partial charge in [-0.25, -0.2) is 4.79 Å². The second kappa shape index (κ2) is 7.29. The molecule has 4 nitrogen and oxygen atoms in total. The van der Waals surface area contributed by atoms with Gasteiger partial charge in [0.2, 0.25) is 0 Å². The Hall–Kier alpha value is -1.55. The van der Waals surface area contributed by atoms with Gasteiger partial charge in [0.05, 0.1) is 0 Å². The molecule has 2 rings (SSSR count). The first kappa shape index (κ1) is 14.9. The lowest BCUT2D eigenvalue weighted by molar-refractivity contribution is 0.0833. The molecular formula is C16H24N2O2. The fraction of sp³-hybridized carbons (Fsp3) is 0.562. The normalized spacial score (nSPS) is 17.5. The van der Waals surface area contributed by atoms with Crippen LogP contribution in [0.5, 0.6) is 0 Å². The maximum absolute atomic E-state index is 11.8. The number of nitrogens with one attached hydrogen (secondary N) is 1. The summed E-state index contributed by atoms with van der Waals surface area (Å²) in [5.41, 5.74) is 1.94. The van der Waals surface area contributed by atoms with Crippen LogP contribution in [0.3, 0.4) is 0 Å². The Morgan fingerprint density at radius 3 is 2.55 bits per heavy atom. The van der Waals surface area contributed by atoms with Crippen molar-refractivity contribution < 1.29 is 9.53 Å². The number of piperidine rings is 1. The first-order chi connectivity index (χ1) is 9.63. The number of carbonyl (C=O) groups is 1. The highest BCUT2D eigenvalue weighted by atomic mass is 16.6. The van der Waals surface area contributed by atoms with E-state index < -0.39 is 0 Å². The molecular weight excluding hydrogens is 252 g/mol. The number of amides is 1. The molecule has 1 saturated heterocycles. The zero-order chi connectivity index (χ0) is 14.4. The Bertz CT molecular complexity index is 425. The van der Waals surface area contributed by atoms with Crippen LogP contribution in [-0.4, -0.2) is 36.7 Å². The van der Waals surface area contributed by atoms with E-state index in [2.05, 4.69) is 10.2 Å². The summed E-state index contributed by atoms with van der Waals surface area (Å²) in [6, 6.07) is 7.69. The Morgan fingerprint density at radius 1 is 1.25 bits per heavy atom. The van der Waals surface area contributed by atoms with Gasteiger partial charge in [0.15, 0.2) is 0 Å². The Balaban J connectivity index is 1.74. The van der Waals surface area contributed by atoms with Crippen LogP contribution in [0.2, 0.25) is 0 Å². The lowest BCUT2D eigenvalue weighted by Gasteiger charge is -2.28. The third-order valence-electron chi connectivity index (χ3n) is 3.57. The van der Waals surface area contributed by atoms with E-state index in [0.29, 0.717) is 0 Å². The molecule has 110 valence electrons. The highest BCUT2D eigenvalue weighted by Crippen LogP contribution is 2.11. The van der Waals surface area contributed by atoms with Crippen LogP contribution in [0, 0.1) is 6.92 Å². The van der Waals surface area contributed by atoms with Crippen molar-refractivity contribution in [1.29, 1.82) is 0 Å². The Kier molecular flexibility index (Phi) is 5.41. The van der Waals surface area contributed by atoms with Crippen LogP contribution in [-0.2, 0) is 4.74 Å². The van der Waals surface area contributed by atoms with E-state index in [4.69, 9.17) is 4.74 Å². The molecule has 1 aliphatic rings. The summed E-state index contributed by atoms with van der Waals surface area (Å²) in [5.74, 6) is 0. The SMILES string of the molecule is Cc1ccc(NC(=O)O[C@H](C)CN2CCCCC2)cc1. The van der Waals surface area contributed by atoms with Gasteiger partial charge >= 0.3 is 6.09 Å². The number of nitrogens with zero attached hydrogens (tertiary/aromatic N) is 1. The number of likely N-dealkylation sites (tertiary alicyclic amines) is 1. The van der Waals surface area contributed by atoms with E-state index in [9.17, 15) is 4.79 Å². The first-order valence-electron chi connectivity index (χ1n) is 7.40. The Labute approximate surface area is 121 Å². The third-order valence-corrected chi connectivity index (χ3v) is 3.57. The third kappa shape index (κ3) is 4.85. The number of hydrogen-bond acceptors (Lipinski definition) is 3. The van der Waals surface area contributed by atoms with Crippen molar-refractivity contribution in [2.75, 3.05) is 25.0 Å². The maximum Gasteiger partial charge on any atom is 0.411 e. The van der Waals surface area contributed by atoms with Crippen LogP contribution in [0.1, 0.15) is 31.7 Å². The molecule has 20 heavy (non-hydrogen) atoms. The summed E-state index contributed by atoms with van der Waals surface area (Å²) in [4.78, 5) is 14.2. The molecule has 0 spiro atoms. The number of hydrogen-bond donors (Lipinski definition) is 1. The van der Waals surface area contributed by atoms with Crippen LogP contribution in [0.4, 0.5) is 10.5 Å². The fourth-order valence-electron chi connectivity index (χ4n) is 2.51. The number of benzene rings is 1. The molecule has 0 aromatic heterocycles. The van der Waals surface area contributed by atoms with Crippen molar-refractivity contribution in [2.45, 2.75) is 39.2 Å². The van der Waals surface area contributed by atoms with E-state index in [1.807, 2.05) is 38.1 Å². The van der Waals surface area contributed by atoms with E-state index in [1.165, 1.54) is 24.8 Å². The smallest absolute Gasteiger partial charge is 0.411 e. The number of anilines is 1. The molecule has 0 bridgehead atoms. The molecule has 1 heterocycles. The van der Waals surface area contributed by atoms with Gasteiger partial charge in [0.25, 0.3) is 0 Å². The molecule has 1 fully saturated rings. The van der Waals surface area contributed by atoms with Crippen LogP contribution >= 0.6 is 0 Å². The molecule has 0 aliphatic carbocycles. The maximum atomic E-state index is 11.8. The summed E-state index contributed by atoms with van der Waals surface area (Å²) in [6.45, 7) is 7.02. The van der Waals surface area contributed by atoms with Gasteiger partial charge < -0.3 is 4.74 Å². The second-order valence-corrected chi connectivity index (χ2v) is 5.57. The molecule has 1 amide bonds.